The Morgan fingerprint density at radius 3 is 2.68 bits per heavy atom. The number of hydrogen-bond donors (Lipinski definition) is 2. The van der Waals surface area contributed by atoms with E-state index in [4.69, 9.17) is 4.42 Å². The van der Waals surface area contributed by atoms with Gasteiger partial charge in [0.15, 0.2) is 0 Å². The van der Waals surface area contributed by atoms with E-state index in [0.29, 0.717) is 5.76 Å². The molecule has 0 saturated heterocycles. The average molecular weight is 318 g/mol. The number of carbonyl (C=O) groups is 2. The number of amides is 3. The monoisotopic (exact) mass is 318 g/mol. The minimum Gasteiger partial charge on any atom is -0.467 e. The predicted molar refractivity (Wildman–Crippen MR) is 85.7 cm³/mol. The van der Waals surface area contributed by atoms with E-state index < -0.39 is 6.03 Å². The maximum absolute atomic E-state index is 11.7. The molecular weight excluding hydrogens is 300 g/mol. The van der Waals surface area contributed by atoms with E-state index in [1.165, 1.54) is 29.2 Å². The summed E-state index contributed by atoms with van der Waals surface area (Å²) in [6, 6.07) is 8.98. The van der Waals surface area contributed by atoms with Gasteiger partial charge in [-0.3, -0.25) is 10.1 Å². The highest BCUT2D eigenvalue weighted by Crippen LogP contribution is 2.20. The summed E-state index contributed by atoms with van der Waals surface area (Å²) in [6.45, 7) is 4.32. The molecule has 0 aliphatic heterocycles. The van der Waals surface area contributed by atoms with Crippen molar-refractivity contribution in [3.8, 4) is 0 Å². The van der Waals surface area contributed by atoms with Crippen LogP contribution in [0.5, 0.6) is 0 Å². The number of furan rings is 1. The van der Waals surface area contributed by atoms with E-state index in [2.05, 4.69) is 10.6 Å². The number of nitrogens with one attached hydrogen (secondary N) is 2. The van der Waals surface area contributed by atoms with E-state index in [1.54, 1.807) is 12.1 Å². The second kappa shape index (κ2) is 7.70. The van der Waals surface area contributed by atoms with Crippen LogP contribution >= 0.6 is 11.8 Å². The SMILES string of the molecule is Cc1ccc(SCC(=O)NC(=O)NCc2ccco2)cc1C. The van der Waals surface area contributed by atoms with Gasteiger partial charge in [-0.15, -0.1) is 11.8 Å². The first-order valence-corrected chi connectivity index (χ1v) is 7.83. The molecule has 5 nitrogen and oxygen atoms in total. The van der Waals surface area contributed by atoms with E-state index in [9.17, 15) is 9.59 Å². The molecule has 2 aromatic rings. The number of thioether (sulfide) groups is 1. The van der Waals surface area contributed by atoms with Gasteiger partial charge in [0, 0.05) is 4.90 Å². The Morgan fingerprint density at radius 2 is 2.00 bits per heavy atom. The van der Waals surface area contributed by atoms with Crippen LogP contribution in [0.1, 0.15) is 16.9 Å². The fraction of sp³-hybridized carbons (Fsp3) is 0.250. The van der Waals surface area contributed by atoms with Crippen LogP contribution in [0.4, 0.5) is 4.79 Å². The van der Waals surface area contributed by atoms with Gasteiger partial charge in [0.05, 0.1) is 18.6 Å². The summed E-state index contributed by atoms with van der Waals surface area (Å²) in [5.41, 5.74) is 2.40. The van der Waals surface area contributed by atoms with Crippen molar-refractivity contribution in [1.82, 2.24) is 10.6 Å². The van der Waals surface area contributed by atoms with Crippen LogP contribution in [0.25, 0.3) is 0 Å². The zero-order valence-electron chi connectivity index (χ0n) is 12.5. The largest absolute Gasteiger partial charge is 0.467 e. The van der Waals surface area contributed by atoms with Gasteiger partial charge in [0.25, 0.3) is 0 Å². The first-order valence-electron chi connectivity index (χ1n) is 6.84. The summed E-state index contributed by atoms with van der Waals surface area (Å²) >= 11 is 1.40. The highest BCUT2D eigenvalue weighted by molar-refractivity contribution is 8.00. The van der Waals surface area contributed by atoms with Gasteiger partial charge in [-0.05, 0) is 49.2 Å². The fourth-order valence-electron chi connectivity index (χ4n) is 1.74. The standard InChI is InChI=1S/C16H18N2O3S/c1-11-5-6-14(8-12(11)2)22-10-15(19)18-16(20)17-9-13-4-3-7-21-13/h3-8H,9-10H2,1-2H3,(H2,17,18,19,20). The van der Waals surface area contributed by atoms with Gasteiger partial charge in [0.1, 0.15) is 5.76 Å². The summed E-state index contributed by atoms with van der Waals surface area (Å²) < 4.78 is 5.08. The van der Waals surface area contributed by atoms with Crippen LogP contribution < -0.4 is 10.6 Å². The van der Waals surface area contributed by atoms with Gasteiger partial charge < -0.3 is 9.73 Å². The minimum absolute atomic E-state index is 0.191. The topological polar surface area (TPSA) is 71.3 Å². The Morgan fingerprint density at radius 1 is 1.18 bits per heavy atom. The number of hydrogen-bond acceptors (Lipinski definition) is 4. The Balaban J connectivity index is 1.72. The van der Waals surface area contributed by atoms with Crippen LogP contribution in [0.15, 0.2) is 45.9 Å². The predicted octanol–water partition coefficient (Wildman–Crippen LogP) is 3.01. The molecule has 0 unspecified atom stereocenters. The van der Waals surface area contributed by atoms with Crippen LogP contribution in [0.3, 0.4) is 0 Å². The zero-order chi connectivity index (χ0) is 15.9. The van der Waals surface area contributed by atoms with Gasteiger partial charge in [0.2, 0.25) is 5.91 Å². The van der Waals surface area contributed by atoms with E-state index in [1.807, 2.05) is 32.0 Å². The van der Waals surface area contributed by atoms with Gasteiger partial charge in [-0.1, -0.05) is 6.07 Å². The van der Waals surface area contributed by atoms with Gasteiger partial charge >= 0.3 is 6.03 Å². The third-order valence-electron chi connectivity index (χ3n) is 3.10. The molecule has 0 bridgehead atoms. The molecule has 0 spiro atoms. The van der Waals surface area contributed by atoms with Crippen molar-refractivity contribution in [2.24, 2.45) is 0 Å². The Bertz CT molecular complexity index is 653. The summed E-state index contributed by atoms with van der Waals surface area (Å²) in [5, 5.41) is 4.84. The normalized spacial score (nSPS) is 10.3. The second-order valence-electron chi connectivity index (χ2n) is 4.84. The Labute approximate surface area is 133 Å². The molecule has 1 aromatic carbocycles. The highest BCUT2D eigenvalue weighted by atomic mass is 32.2. The van der Waals surface area contributed by atoms with Crippen molar-refractivity contribution >= 4 is 23.7 Å². The molecule has 1 heterocycles. The third kappa shape index (κ3) is 4.96. The molecule has 3 amide bonds. The van der Waals surface area contributed by atoms with Crippen LogP contribution in [-0.2, 0) is 11.3 Å². The Kier molecular flexibility index (Phi) is 5.66. The number of carbonyl (C=O) groups excluding carboxylic acids is 2. The second-order valence-corrected chi connectivity index (χ2v) is 5.89. The average Bonchev–Trinajstić information content (AvgIpc) is 3.00. The summed E-state index contributed by atoms with van der Waals surface area (Å²) in [6.07, 6.45) is 1.53. The number of urea groups is 1. The first-order chi connectivity index (χ1) is 10.5. The number of benzene rings is 1. The van der Waals surface area contributed by atoms with Crippen molar-refractivity contribution in [2.45, 2.75) is 25.3 Å². The number of imide groups is 1. The van der Waals surface area contributed by atoms with Crippen LogP contribution in [-0.4, -0.2) is 17.7 Å². The Hall–Kier alpha value is -2.21. The molecule has 0 atom stereocenters. The van der Waals surface area contributed by atoms with Crippen LogP contribution in [0.2, 0.25) is 0 Å². The lowest BCUT2D eigenvalue weighted by molar-refractivity contribution is -0.117. The molecule has 0 aliphatic carbocycles. The summed E-state index contributed by atoms with van der Waals surface area (Å²) in [7, 11) is 0. The lowest BCUT2D eigenvalue weighted by Gasteiger charge is -2.07. The van der Waals surface area contributed by atoms with Gasteiger partial charge in [-0.25, -0.2) is 4.79 Å². The molecule has 22 heavy (non-hydrogen) atoms. The molecule has 1 aromatic heterocycles. The fourth-order valence-corrected chi connectivity index (χ4v) is 2.53. The third-order valence-corrected chi connectivity index (χ3v) is 4.10. The van der Waals surface area contributed by atoms with Crippen molar-refractivity contribution in [2.75, 3.05) is 5.75 Å². The lowest BCUT2D eigenvalue weighted by Crippen LogP contribution is -2.39. The minimum atomic E-state index is -0.526. The molecule has 2 N–H and O–H groups in total. The van der Waals surface area contributed by atoms with Crippen molar-refractivity contribution < 1.29 is 14.0 Å². The molecule has 0 saturated carbocycles. The zero-order valence-corrected chi connectivity index (χ0v) is 13.3. The molecule has 0 aliphatic rings. The van der Waals surface area contributed by atoms with E-state index >= 15 is 0 Å². The van der Waals surface area contributed by atoms with E-state index in [-0.39, 0.29) is 18.2 Å². The molecule has 2 rings (SSSR count). The van der Waals surface area contributed by atoms with E-state index in [0.717, 1.165) is 4.90 Å². The van der Waals surface area contributed by atoms with Crippen molar-refractivity contribution in [3.63, 3.8) is 0 Å². The highest BCUT2D eigenvalue weighted by Gasteiger charge is 2.09. The number of aryl methyl sites for hydroxylation is 2. The quantitative estimate of drug-likeness (QED) is 0.831. The maximum Gasteiger partial charge on any atom is 0.321 e. The summed E-state index contributed by atoms with van der Waals surface area (Å²) in [4.78, 5) is 24.3. The number of rotatable bonds is 5. The van der Waals surface area contributed by atoms with Crippen LogP contribution in [0, 0.1) is 13.8 Å². The smallest absolute Gasteiger partial charge is 0.321 e. The molecular formula is C16H18N2O3S. The summed E-state index contributed by atoms with van der Waals surface area (Å²) in [5.74, 6) is 0.490. The lowest BCUT2D eigenvalue weighted by atomic mass is 10.1. The maximum atomic E-state index is 11.7. The van der Waals surface area contributed by atoms with Crippen molar-refractivity contribution in [3.05, 3.63) is 53.5 Å². The molecule has 6 heteroatoms. The molecule has 0 radical (unpaired) electrons. The molecule has 116 valence electrons. The van der Waals surface area contributed by atoms with Gasteiger partial charge in [-0.2, -0.15) is 0 Å². The molecule has 0 fully saturated rings. The van der Waals surface area contributed by atoms with Crippen molar-refractivity contribution in [1.29, 1.82) is 0 Å². The first kappa shape index (κ1) is 16.2.